The molecular weight excluding hydrogens is 707 g/mol. The maximum absolute atomic E-state index is 14.3. The molecule has 0 aliphatic rings. The number of amides is 4. The minimum atomic E-state index is -0.831. The molecule has 2 unspecified atom stereocenters. The highest BCUT2D eigenvalue weighted by Gasteiger charge is 2.41. The highest BCUT2D eigenvalue weighted by molar-refractivity contribution is 6.03. The fourth-order valence-corrected chi connectivity index (χ4v) is 7.11. The monoisotopic (exact) mass is 777 g/mol. The van der Waals surface area contributed by atoms with Gasteiger partial charge in [-0.1, -0.05) is 53.2 Å². The maximum atomic E-state index is 14.3. The van der Waals surface area contributed by atoms with Crippen LogP contribution in [0.5, 0.6) is 0 Å². The minimum absolute atomic E-state index is 0.0673. The van der Waals surface area contributed by atoms with Crippen molar-refractivity contribution in [2.75, 3.05) is 55.6 Å². The van der Waals surface area contributed by atoms with Crippen LogP contribution in [0, 0.1) is 29.0 Å². The van der Waals surface area contributed by atoms with Crippen molar-refractivity contribution in [3.8, 4) is 0 Å². The van der Waals surface area contributed by atoms with Gasteiger partial charge in [-0.05, 0) is 62.8 Å². The predicted octanol–water partition coefficient (Wildman–Crippen LogP) is 4.49. The second kappa shape index (κ2) is 23.2. The summed E-state index contributed by atoms with van der Waals surface area (Å²) in [5, 5.41) is 14.4. The number of ether oxygens (including phenoxy) is 3. The van der Waals surface area contributed by atoms with Crippen LogP contribution < -0.4 is 10.6 Å². The second-order valence-corrected chi connectivity index (χ2v) is 15.1. The second-order valence-electron chi connectivity index (χ2n) is 15.1. The molecule has 312 valence electrons. The van der Waals surface area contributed by atoms with Gasteiger partial charge in [0, 0.05) is 49.0 Å². The Labute approximate surface area is 329 Å². The summed E-state index contributed by atoms with van der Waals surface area (Å²) in [7, 11) is 9.75. The number of likely N-dealkylation sites (N-methyl/N-ethyl adjacent to an activating group) is 3. The quantitative estimate of drug-likeness (QED) is 0.109. The van der Waals surface area contributed by atoms with Crippen LogP contribution >= 0.6 is 0 Å². The van der Waals surface area contributed by atoms with Gasteiger partial charge in [-0.15, -0.1) is 0 Å². The summed E-state index contributed by atoms with van der Waals surface area (Å²) in [5.41, 5.74) is 1.89. The van der Waals surface area contributed by atoms with Crippen LogP contribution in [-0.4, -0.2) is 136 Å². The SMILES string of the molecule is CC[C@H](C)[C@@H]([C@@H](CC(=O)N(CC)C(COC)[C@H](OC)[C@@H](C)C(=O)N[C@H](C)C(=N)c1ccc(F)cc1)OC)N(C)C(=O)C(NC(=O)C(=C(C)C)N(C)C)C(C)C. The number of carbonyl (C=O) groups excluding carboxylic acids is 4. The first-order valence-electron chi connectivity index (χ1n) is 19.1. The van der Waals surface area contributed by atoms with Crippen molar-refractivity contribution in [3.63, 3.8) is 0 Å². The maximum Gasteiger partial charge on any atom is 0.268 e. The molecule has 1 aromatic carbocycles. The molecule has 0 fully saturated rings. The van der Waals surface area contributed by atoms with Crippen LogP contribution in [0.2, 0.25) is 0 Å². The van der Waals surface area contributed by atoms with Crippen molar-refractivity contribution in [2.45, 2.75) is 112 Å². The number of benzene rings is 1. The summed E-state index contributed by atoms with van der Waals surface area (Å²) in [6.45, 7) is 17.0. The van der Waals surface area contributed by atoms with Crippen LogP contribution in [0.3, 0.4) is 0 Å². The number of methoxy groups -OCH3 is 3. The lowest BCUT2D eigenvalue weighted by atomic mass is 9.89. The highest BCUT2D eigenvalue weighted by Crippen LogP contribution is 2.26. The van der Waals surface area contributed by atoms with Gasteiger partial charge < -0.3 is 45.0 Å². The van der Waals surface area contributed by atoms with Crippen molar-refractivity contribution in [1.82, 2.24) is 25.3 Å². The van der Waals surface area contributed by atoms with Gasteiger partial charge in [0.1, 0.15) is 17.6 Å². The summed E-state index contributed by atoms with van der Waals surface area (Å²) >= 11 is 0. The van der Waals surface area contributed by atoms with Gasteiger partial charge in [-0.2, -0.15) is 0 Å². The molecule has 1 rings (SSSR count). The molecule has 0 saturated heterocycles. The number of hydrogen-bond acceptors (Lipinski definition) is 9. The molecule has 0 saturated carbocycles. The zero-order valence-corrected chi connectivity index (χ0v) is 35.9. The molecule has 4 amide bonds. The van der Waals surface area contributed by atoms with E-state index >= 15 is 0 Å². The number of rotatable bonds is 23. The van der Waals surface area contributed by atoms with E-state index in [0.717, 1.165) is 5.57 Å². The molecule has 0 aliphatic heterocycles. The number of nitrogens with zero attached hydrogens (tertiary/aromatic N) is 3. The van der Waals surface area contributed by atoms with E-state index in [1.54, 1.807) is 49.7 Å². The molecule has 0 aliphatic carbocycles. The Hall–Kier alpha value is -3.88. The van der Waals surface area contributed by atoms with Gasteiger partial charge in [-0.3, -0.25) is 19.2 Å². The van der Waals surface area contributed by atoms with E-state index in [9.17, 15) is 23.6 Å². The predicted molar refractivity (Wildman–Crippen MR) is 214 cm³/mol. The Morgan fingerprint density at radius 1 is 0.891 bits per heavy atom. The third-order valence-corrected chi connectivity index (χ3v) is 10.3. The molecule has 0 spiro atoms. The molecule has 0 heterocycles. The summed E-state index contributed by atoms with van der Waals surface area (Å²) in [5.74, 6) is -2.81. The molecule has 3 N–H and O–H groups in total. The van der Waals surface area contributed by atoms with E-state index in [1.165, 1.54) is 45.6 Å². The Morgan fingerprint density at radius 3 is 1.91 bits per heavy atom. The summed E-state index contributed by atoms with van der Waals surface area (Å²) in [6.07, 6.45) is -0.903. The van der Waals surface area contributed by atoms with E-state index in [4.69, 9.17) is 19.6 Å². The van der Waals surface area contributed by atoms with Crippen molar-refractivity contribution < 1.29 is 37.8 Å². The number of nitrogens with one attached hydrogen (secondary N) is 3. The van der Waals surface area contributed by atoms with E-state index in [2.05, 4.69) is 10.6 Å². The number of halogens is 1. The summed E-state index contributed by atoms with van der Waals surface area (Å²) in [4.78, 5) is 60.5. The average molecular weight is 777 g/mol. The Morgan fingerprint density at radius 2 is 1.47 bits per heavy atom. The Kier molecular flexibility index (Phi) is 20.8. The first-order chi connectivity index (χ1) is 25.7. The first-order valence-corrected chi connectivity index (χ1v) is 19.1. The Bertz CT molecular complexity index is 1450. The van der Waals surface area contributed by atoms with Crippen LogP contribution in [0.4, 0.5) is 4.39 Å². The summed E-state index contributed by atoms with van der Waals surface area (Å²) < 4.78 is 30.9. The van der Waals surface area contributed by atoms with Crippen molar-refractivity contribution in [3.05, 3.63) is 46.9 Å². The van der Waals surface area contributed by atoms with Gasteiger partial charge in [0.2, 0.25) is 17.7 Å². The standard InChI is InChI=1S/C41H69FN6O7/c1-16-26(7)37(47(12)41(52)35(24(3)4)45-40(51)36(25(5)6)46(10)11)32(54-14)22-33(49)48(17-2)31(23-53-13)38(55-15)27(8)39(50)44-28(9)34(43)29-18-20-30(42)21-19-29/h18-21,24,26-28,31-32,35,37-38,43H,16-17,22-23H2,1-15H3,(H,44,50)(H,45,51)/t26-,27+,28+,31?,32+,35?,37-,38+/m0/s1. The molecule has 55 heavy (non-hydrogen) atoms. The zero-order chi connectivity index (χ0) is 42.3. The van der Waals surface area contributed by atoms with Gasteiger partial charge in [-0.25, -0.2) is 4.39 Å². The number of carbonyl (C=O) groups is 4. The summed E-state index contributed by atoms with van der Waals surface area (Å²) in [6, 6.07) is 2.77. The third kappa shape index (κ3) is 13.4. The minimum Gasteiger partial charge on any atom is -0.382 e. The third-order valence-electron chi connectivity index (χ3n) is 10.3. The lowest BCUT2D eigenvalue weighted by molar-refractivity contribution is -0.150. The van der Waals surface area contributed by atoms with Gasteiger partial charge in [0.25, 0.3) is 5.91 Å². The smallest absolute Gasteiger partial charge is 0.268 e. The van der Waals surface area contributed by atoms with E-state index in [1.807, 2.05) is 48.5 Å². The lowest BCUT2D eigenvalue weighted by Crippen LogP contribution is -2.59. The Balaban J connectivity index is 3.39. The highest BCUT2D eigenvalue weighted by atomic mass is 19.1. The van der Waals surface area contributed by atoms with Crippen LogP contribution in [0.1, 0.15) is 80.7 Å². The largest absolute Gasteiger partial charge is 0.382 e. The zero-order valence-electron chi connectivity index (χ0n) is 35.9. The van der Waals surface area contributed by atoms with Crippen LogP contribution in [0.15, 0.2) is 35.5 Å². The molecule has 8 atom stereocenters. The average Bonchev–Trinajstić information content (AvgIpc) is 3.12. The first kappa shape index (κ1) is 49.1. The normalized spacial score (nSPS) is 15.7. The van der Waals surface area contributed by atoms with E-state index < -0.39 is 54.0 Å². The number of hydrogen-bond donors (Lipinski definition) is 3. The van der Waals surface area contributed by atoms with Crippen LogP contribution in [0.25, 0.3) is 0 Å². The van der Waals surface area contributed by atoms with Gasteiger partial charge in [0.15, 0.2) is 0 Å². The van der Waals surface area contributed by atoms with Gasteiger partial charge >= 0.3 is 0 Å². The molecule has 13 nitrogen and oxygen atoms in total. The molecule has 0 bridgehead atoms. The molecule has 0 radical (unpaired) electrons. The van der Waals surface area contributed by atoms with Crippen molar-refractivity contribution in [2.24, 2.45) is 17.8 Å². The molecule has 14 heteroatoms. The van der Waals surface area contributed by atoms with Crippen LogP contribution in [-0.2, 0) is 33.4 Å². The molecule has 0 aromatic heterocycles. The topological polar surface area (TPSA) is 154 Å². The fourth-order valence-electron chi connectivity index (χ4n) is 7.11. The van der Waals surface area contributed by atoms with Gasteiger partial charge in [0.05, 0.1) is 55.0 Å². The van der Waals surface area contributed by atoms with Crippen molar-refractivity contribution >= 4 is 29.3 Å². The molecular formula is C41H69FN6O7. The number of allylic oxidation sites excluding steroid dienone is 1. The van der Waals surface area contributed by atoms with E-state index in [0.29, 0.717) is 17.7 Å². The fraction of sp³-hybridized carbons (Fsp3) is 0.683. The van der Waals surface area contributed by atoms with E-state index in [-0.39, 0.29) is 54.8 Å². The van der Waals surface area contributed by atoms with Crippen molar-refractivity contribution in [1.29, 1.82) is 5.41 Å². The molecule has 1 aromatic rings. The lowest BCUT2D eigenvalue weighted by Gasteiger charge is -2.41.